The Morgan fingerprint density at radius 2 is 1.70 bits per heavy atom. The highest BCUT2D eigenvalue weighted by Gasteiger charge is 2.37. The van der Waals surface area contributed by atoms with Crippen LogP contribution in [0.1, 0.15) is 39.5 Å². The monoisotopic (exact) mass is 654 g/mol. The average Bonchev–Trinajstić information content (AvgIpc) is 2.92. The normalized spacial score (nSPS) is 14.3. The molecule has 3 aromatic carbocycles. The van der Waals surface area contributed by atoms with E-state index >= 15 is 0 Å². The van der Waals surface area contributed by atoms with E-state index in [1.807, 2.05) is 26.0 Å². The number of esters is 1. The maximum absolute atomic E-state index is 13.3. The molecular weight excluding hydrogens is 627 g/mol. The first-order chi connectivity index (χ1) is 19.1. The molecule has 1 saturated heterocycles. The van der Waals surface area contributed by atoms with Crippen molar-refractivity contribution in [3.63, 3.8) is 0 Å². The van der Waals surface area contributed by atoms with E-state index in [1.165, 1.54) is 48.6 Å². The number of nitrogens with one attached hydrogen (secondary N) is 1. The van der Waals surface area contributed by atoms with Crippen LogP contribution in [0.4, 0.5) is 10.5 Å². The Kier molecular flexibility index (Phi) is 8.88. The van der Waals surface area contributed by atoms with Gasteiger partial charge in [-0.25, -0.2) is 14.5 Å². The molecule has 0 unspecified atom stereocenters. The summed E-state index contributed by atoms with van der Waals surface area (Å²) in [6, 6.07) is 14.4. The number of carbonyl (C=O) groups excluding carboxylic acids is 4. The van der Waals surface area contributed by atoms with Crippen molar-refractivity contribution in [3.05, 3.63) is 91.6 Å². The van der Waals surface area contributed by atoms with Crippen LogP contribution in [0.15, 0.2) is 60.2 Å². The molecule has 1 aliphatic rings. The van der Waals surface area contributed by atoms with E-state index in [2.05, 4.69) is 45.6 Å². The Morgan fingerprint density at radius 1 is 0.975 bits per heavy atom. The van der Waals surface area contributed by atoms with Gasteiger partial charge in [-0.2, -0.15) is 0 Å². The summed E-state index contributed by atoms with van der Waals surface area (Å²) >= 11 is 2.12. The third-order valence-electron chi connectivity index (χ3n) is 6.25. The highest BCUT2D eigenvalue weighted by atomic mass is 127. The number of halogens is 1. The Bertz CT molecular complexity index is 1530. The minimum atomic E-state index is -0.891. The van der Waals surface area contributed by atoms with Gasteiger partial charge in [0.05, 0.1) is 28.5 Å². The van der Waals surface area contributed by atoms with Crippen LogP contribution < -0.4 is 19.7 Å². The van der Waals surface area contributed by atoms with Crippen LogP contribution in [0.5, 0.6) is 11.5 Å². The number of hydrogen-bond acceptors (Lipinski definition) is 7. The fourth-order valence-corrected chi connectivity index (χ4v) is 4.83. The van der Waals surface area contributed by atoms with E-state index in [4.69, 9.17) is 9.47 Å². The van der Waals surface area contributed by atoms with Gasteiger partial charge in [0.1, 0.15) is 12.2 Å². The Labute approximate surface area is 245 Å². The molecule has 4 rings (SSSR count). The summed E-state index contributed by atoms with van der Waals surface area (Å²) < 4.78 is 17.4. The molecule has 0 aliphatic carbocycles. The maximum atomic E-state index is 13.3. The number of amides is 4. The van der Waals surface area contributed by atoms with Crippen molar-refractivity contribution < 1.29 is 33.4 Å². The van der Waals surface area contributed by atoms with Crippen LogP contribution in [0.2, 0.25) is 0 Å². The average molecular weight is 654 g/mol. The number of benzene rings is 3. The minimum Gasteiger partial charge on any atom is -0.490 e. The number of hydrogen-bond donors (Lipinski definition) is 1. The molecule has 1 aliphatic heterocycles. The Morgan fingerprint density at radius 3 is 2.35 bits per heavy atom. The summed E-state index contributed by atoms with van der Waals surface area (Å²) in [4.78, 5) is 51.2. The number of imide groups is 2. The lowest BCUT2D eigenvalue weighted by atomic mass is 10.1. The van der Waals surface area contributed by atoms with E-state index < -0.39 is 23.8 Å². The van der Waals surface area contributed by atoms with E-state index in [9.17, 15) is 19.2 Å². The second-order valence-electron chi connectivity index (χ2n) is 8.97. The third kappa shape index (κ3) is 6.17. The molecule has 0 bridgehead atoms. The zero-order valence-corrected chi connectivity index (χ0v) is 24.5. The molecule has 0 spiro atoms. The summed E-state index contributed by atoms with van der Waals surface area (Å²) in [5, 5.41) is 2.20. The number of barbiturate groups is 1. The predicted octanol–water partition coefficient (Wildman–Crippen LogP) is 5.34. The third-order valence-corrected chi connectivity index (χ3v) is 7.05. The second kappa shape index (κ2) is 12.3. The molecule has 1 N–H and O–H groups in total. The smallest absolute Gasteiger partial charge is 0.337 e. The molecule has 10 heteroatoms. The number of aryl methyl sites for hydroxylation is 2. The first-order valence-electron chi connectivity index (χ1n) is 12.4. The van der Waals surface area contributed by atoms with Gasteiger partial charge in [-0.05, 0) is 108 Å². The first kappa shape index (κ1) is 28.8. The maximum Gasteiger partial charge on any atom is 0.337 e. The number of methoxy groups -OCH3 is 1. The highest BCUT2D eigenvalue weighted by molar-refractivity contribution is 14.1. The van der Waals surface area contributed by atoms with Crippen molar-refractivity contribution in [2.45, 2.75) is 27.4 Å². The molecule has 0 atom stereocenters. The van der Waals surface area contributed by atoms with Gasteiger partial charge >= 0.3 is 12.0 Å². The van der Waals surface area contributed by atoms with Crippen molar-refractivity contribution in [1.82, 2.24) is 5.32 Å². The molecular formula is C30H27IN2O7. The summed E-state index contributed by atoms with van der Waals surface area (Å²) in [5.41, 5.74) is 4.10. The Hall–Kier alpha value is -4.19. The van der Waals surface area contributed by atoms with Crippen LogP contribution in [0.25, 0.3) is 6.08 Å². The van der Waals surface area contributed by atoms with Gasteiger partial charge in [0.2, 0.25) is 0 Å². The highest BCUT2D eigenvalue weighted by Crippen LogP contribution is 2.36. The molecule has 0 saturated carbocycles. The van der Waals surface area contributed by atoms with Gasteiger partial charge in [0.25, 0.3) is 11.8 Å². The van der Waals surface area contributed by atoms with Crippen molar-refractivity contribution in [2.75, 3.05) is 18.6 Å². The molecule has 0 aromatic heterocycles. The molecule has 40 heavy (non-hydrogen) atoms. The van der Waals surface area contributed by atoms with Gasteiger partial charge in [0, 0.05) is 0 Å². The van der Waals surface area contributed by atoms with Crippen molar-refractivity contribution >= 4 is 58.2 Å². The lowest BCUT2D eigenvalue weighted by Gasteiger charge is -2.26. The summed E-state index contributed by atoms with van der Waals surface area (Å²) in [5.74, 6) is -1.18. The molecule has 1 heterocycles. The van der Waals surface area contributed by atoms with E-state index in [1.54, 1.807) is 12.1 Å². The predicted molar refractivity (Wildman–Crippen MR) is 157 cm³/mol. The first-order valence-corrected chi connectivity index (χ1v) is 13.5. The number of nitrogens with zero attached hydrogens (tertiary/aromatic N) is 1. The van der Waals surface area contributed by atoms with E-state index in [0.29, 0.717) is 33.8 Å². The molecule has 1 fully saturated rings. The molecule has 206 valence electrons. The lowest BCUT2D eigenvalue weighted by molar-refractivity contribution is -0.122. The van der Waals surface area contributed by atoms with Crippen LogP contribution in [0.3, 0.4) is 0 Å². The summed E-state index contributed by atoms with van der Waals surface area (Å²) in [6.45, 7) is 6.66. The number of anilines is 1. The van der Waals surface area contributed by atoms with Gasteiger partial charge in [-0.3, -0.25) is 14.9 Å². The Balaban J connectivity index is 1.63. The van der Waals surface area contributed by atoms with Crippen LogP contribution >= 0.6 is 22.6 Å². The fourth-order valence-electron chi connectivity index (χ4n) is 4.05. The van der Waals surface area contributed by atoms with Crippen LogP contribution in [-0.2, 0) is 20.9 Å². The molecule has 3 aromatic rings. The minimum absolute atomic E-state index is 0.188. The zero-order valence-electron chi connectivity index (χ0n) is 22.4. The molecule has 0 radical (unpaired) electrons. The number of urea groups is 1. The van der Waals surface area contributed by atoms with Crippen LogP contribution in [-0.4, -0.2) is 37.5 Å². The number of carbonyl (C=O) groups is 4. The van der Waals surface area contributed by atoms with Crippen molar-refractivity contribution in [3.8, 4) is 11.5 Å². The molecule has 9 nitrogen and oxygen atoms in total. The quantitative estimate of drug-likeness (QED) is 0.151. The summed E-state index contributed by atoms with van der Waals surface area (Å²) in [6.07, 6.45) is 1.40. The van der Waals surface area contributed by atoms with Crippen LogP contribution in [0, 0.1) is 17.4 Å². The van der Waals surface area contributed by atoms with Gasteiger partial charge in [0.15, 0.2) is 11.5 Å². The van der Waals surface area contributed by atoms with E-state index in [0.717, 1.165) is 10.5 Å². The van der Waals surface area contributed by atoms with Crippen molar-refractivity contribution in [1.29, 1.82) is 0 Å². The topological polar surface area (TPSA) is 111 Å². The van der Waals surface area contributed by atoms with Gasteiger partial charge < -0.3 is 14.2 Å². The largest absolute Gasteiger partial charge is 0.490 e. The lowest BCUT2D eigenvalue weighted by Crippen LogP contribution is -2.54. The fraction of sp³-hybridized carbons (Fsp3) is 0.200. The molecule has 4 amide bonds. The standard InChI is InChI=1S/C30H27IN2O7/c1-5-39-25-15-20(14-24(31)26(25)40-16-19-7-6-17(2)18(3)12-19)13-23-27(34)32-30(37)33(28(23)35)22-10-8-21(9-11-22)29(36)38-4/h6-15H,5,16H2,1-4H3,(H,32,34,37)/b23-13+. The SMILES string of the molecule is CCOc1cc(/C=C2\C(=O)NC(=O)N(c3ccc(C(=O)OC)cc3)C2=O)cc(I)c1OCc1ccc(C)c(C)c1. The number of ether oxygens (including phenoxy) is 3. The second-order valence-corrected chi connectivity index (χ2v) is 10.1. The van der Waals surface area contributed by atoms with Gasteiger partial charge in [-0.15, -0.1) is 0 Å². The van der Waals surface area contributed by atoms with Gasteiger partial charge in [-0.1, -0.05) is 18.2 Å². The summed E-state index contributed by atoms with van der Waals surface area (Å²) in [7, 11) is 1.25. The van der Waals surface area contributed by atoms with Crippen molar-refractivity contribution in [2.24, 2.45) is 0 Å². The zero-order chi connectivity index (χ0) is 29.0. The van der Waals surface area contributed by atoms with E-state index in [-0.39, 0.29) is 16.8 Å². The number of rotatable bonds is 8.